The van der Waals surface area contributed by atoms with Crippen molar-refractivity contribution < 1.29 is 0 Å². The highest BCUT2D eigenvalue weighted by Gasteiger charge is 2.22. The van der Waals surface area contributed by atoms with Gasteiger partial charge in [0.15, 0.2) is 0 Å². The molecule has 112 valence electrons. The second-order valence-electron chi connectivity index (χ2n) is 6.25. The van der Waals surface area contributed by atoms with Gasteiger partial charge in [-0.05, 0) is 57.3 Å². The molecule has 20 heavy (non-hydrogen) atoms. The quantitative estimate of drug-likeness (QED) is 0.808. The number of pyridine rings is 1. The molecule has 0 bridgehead atoms. The number of aromatic nitrogens is 1. The van der Waals surface area contributed by atoms with Gasteiger partial charge < -0.3 is 5.32 Å². The van der Waals surface area contributed by atoms with Gasteiger partial charge in [-0.2, -0.15) is 0 Å². The maximum absolute atomic E-state index is 4.79. The molecule has 1 aromatic heterocycles. The molecular weight excluding hydrogens is 246 g/mol. The summed E-state index contributed by atoms with van der Waals surface area (Å²) in [4.78, 5) is 7.36. The maximum atomic E-state index is 4.79. The van der Waals surface area contributed by atoms with Crippen LogP contribution in [0.3, 0.4) is 0 Å². The van der Waals surface area contributed by atoms with E-state index in [2.05, 4.69) is 49.2 Å². The van der Waals surface area contributed by atoms with E-state index in [1.807, 2.05) is 0 Å². The SMILES string of the molecule is CCCNCc1cccc(CN2CCC(C)CC2C)n1. The van der Waals surface area contributed by atoms with Crippen molar-refractivity contribution in [2.24, 2.45) is 5.92 Å². The standard InChI is InChI=1S/C17H29N3/c1-4-9-18-12-16-6-5-7-17(19-16)13-20-10-8-14(2)11-15(20)3/h5-7,14-15,18H,4,8-13H2,1-3H3. The van der Waals surface area contributed by atoms with Crippen LogP contribution in [0.2, 0.25) is 0 Å². The van der Waals surface area contributed by atoms with E-state index < -0.39 is 0 Å². The number of nitrogens with zero attached hydrogens (tertiary/aromatic N) is 2. The molecule has 1 aliphatic heterocycles. The fourth-order valence-electron chi connectivity index (χ4n) is 3.01. The predicted octanol–water partition coefficient (Wildman–Crippen LogP) is 3.20. The number of rotatable bonds is 6. The molecule has 0 aromatic carbocycles. The van der Waals surface area contributed by atoms with Crippen molar-refractivity contribution in [3.05, 3.63) is 29.6 Å². The molecule has 0 spiro atoms. The molecule has 3 nitrogen and oxygen atoms in total. The highest BCUT2D eigenvalue weighted by molar-refractivity contribution is 5.11. The van der Waals surface area contributed by atoms with E-state index >= 15 is 0 Å². The minimum atomic E-state index is 0.683. The molecule has 2 heterocycles. The summed E-state index contributed by atoms with van der Waals surface area (Å²) in [6.45, 7) is 11.1. The smallest absolute Gasteiger partial charge is 0.0547 e. The van der Waals surface area contributed by atoms with E-state index in [1.165, 1.54) is 31.5 Å². The summed E-state index contributed by atoms with van der Waals surface area (Å²) in [5.74, 6) is 0.874. The van der Waals surface area contributed by atoms with Gasteiger partial charge in [-0.1, -0.05) is 19.9 Å². The molecule has 1 fully saturated rings. The molecule has 1 aromatic rings. The van der Waals surface area contributed by atoms with Gasteiger partial charge in [-0.3, -0.25) is 9.88 Å². The summed E-state index contributed by atoms with van der Waals surface area (Å²) in [5.41, 5.74) is 2.37. The lowest BCUT2D eigenvalue weighted by molar-refractivity contribution is 0.120. The Bertz CT molecular complexity index is 405. The minimum Gasteiger partial charge on any atom is -0.311 e. The van der Waals surface area contributed by atoms with Crippen LogP contribution < -0.4 is 5.32 Å². The molecule has 2 atom stereocenters. The van der Waals surface area contributed by atoms with Crippen molar-refractivity contribution in [2.75, 3.05) is 13.1 Å². The Labute approximate surface area is 123 Å². The highest BCUT2D eigenvalue weighted by atomic mass is 15.2. The number of nitrogens with one attached hydrogen (secondary N) is 1. The van der Waals surface area contributed by atoms with Crippen molar-refractivity contribution in [3.8, 4) is 0 Å². The largest absolute Gasteiger partial charge is 0.311 e. The maximum Gasteiger partial charge on any atom is 0.0547 e. The number of hydrogen-bond acceptors (Lipinski definition) is 3. The van der Waals surface area contributed by atoms with Crippen LogP contribution in [-0.4, -0.2) is 29.0 Å². The Morgan fingerprint density at radius 2 is 2.10 bits per heavy atom. The Hall–Kier alpha value is -0.930. The third-order valence-corrected chi connectivity index (χ3v) is 4.24. The Morgan fingerprint density at radius 1 is 1.30 bits per heavy atom. The third kappa shape index (κ3) is 4.57. The first kappa shape index (κ1) is 15.5. The van der Waals surface area contributed by atoms with Crippen LogP contribution in [0.1, 0.15) is 51.4 Å². The number of likely N-dealkylation sites (tertiary alicyclic amines) is 1. The molecule has 1 N–H and O–H groups in total. The molecule has 0 amide bonds. The van der Waals surface area contributed by atoms with E-state index in [-0.39, 0.29) is 0 Å². The van der Waals surface area contributed by atoms with Gasteiger partial charge in [0.25, 0.3) is 0 Å². The molecular formula is C17H29N3. The molecule has 0 aliphatic carbocycles. The van der Waals surface area contributed by atoms with Crippen LogP contribution in [0.4, 0.5) is 0 Å². The molecule has 3 heteroatoms. The first-order chi connectivity index (χ1) is 9.69. The zero-order valence-corrected chi connectivity index (χ0v) is 13.2. The highest BCUT2D eigenvalue weighted by Crippen LogP contribution is 2.23. The summed E-state index contributed by atoms with van der Waals surface area (Å²) in [7, 11) is 0. The van der Waals surface area contributed by atoms with Gasteiger partial charge >= 0.3 is 0 Å². The van der Waals surface area contributed by atoms with Crippen LogP contribution in [0, 0.1) is 5.92 Å². The van der Waals surface area contributed by atoms with Gasteiger partial charge in [-0.15, -0.1) is 0 Å². The molecule has 1 aliphatic rings. The van der Waals surface area contributed by atoms with E-state index in [0.29, 0.717) is 6.04 Å². The summed E-state index contributed by atoms with van der Waals surface area (Å²) in [6, 6.07) is 7.10. The lowest BCUT2D eigenvalue weighted by Gasteiger charge is -2.36. The minimum absolute atomic E-state index is 0.683. The Kier molecular flexibility index (Phi) is 5.99. The van der Waals surface area contributed by atoms with E-state index in [9.17, 15) is 0 Å². The molecule has 0 saturated carbocycles. The Balaban J connectivity index is 1.90. The summed E-state index contributed by atoms with van der Waals surface area (Å²) < 4.78 is 0. The first-order valence-corrected chi connectivity index (χ1v) is 8.08. The zero-order valence-electron chi connectivity index (χ0n) is 13.2. The first-order valence-electron chi connectivity index (χ1n) is 8.08. The average molecular weight is 275 g/mol. The molecule has 0 radical (unpaired) electrons. The zero-order chi connectivity index (χ0) is 14.4. The van der Waals surface area contributed by atoms with E-state index in [0.717, 1.165) is 31.2 Å². The van der Waals surface area contributed by atoms with Crippen LogP contribution in [-0.2, 0) is 13.1 Å². The molecule has 2 unspecified atom stereocenters. The molecule has 1 saturated heterocycles. The molecule has 2 rings (SSSR count). The number of piperidine rings is 1. The van der Waals surface area contributed by atoms with Crippen molar-refractivity contribution >= 4 is 0 Å². The summed E-state index contributed by atoms with van der Waals surface area (Å²) in [5, 5.41) is 3.42. The van der Waals surface area contributed by atoms with E-state index in [1.54, 1.807) is 0 Å². The summed E-state index contributed by atoms with van der Waals surface area (Å²) >= 11 is 0. The predicted molar refractivity (Wildman–Crippen MR) is 84.5 cm³/mol. The van der Waals surface area contributed by atoms with Crippen LogP contribution in [0.5, 0.6) is 0 Å². The second kappa shape index (κ2) is 7.75. The average Bonchev–Trinajstić information content (AvgIpc) is 2.43. The second-order valence-corrected chi connectivity index (χ2v) is 6.25. The van der Waals surface area contributed by atoms with Gasteiger partial charge in [0, 0.05) is 19.1 Å². The Morgan fingerprint density at radius 3 is 2.85 bits per heavy atom. The summed E-state index contributed by atoms with van der Waals surface area (Å²) in [6.07, 6.45) is 3.81. The van der Waals surface area contributed by atoms with Crippen molar-refractivity contribution in [2.45, 2.75) is 59.2 Å². The van der Waals surface area contributed by atoms with Gasteiger partial charge in [-0.25, -0.2) is 0 Å². The lowest BCUT2D eigenvalue weighted by atomic mass is 9.93. The van der Waals surface area contributed by atoms with Crippen LogP contribution in [0.15, 0.2) is 18.2 Å². The van der Waals surface area contributed by atoms with Gasteiger partial charge in [0.05, 0.1) is 11.4 Å². The fourth-order valence-corrected chi connectivity index (χ4v) is 3.01. The van der Waals surface area contributed by atoms with Crippen molar-refractivity contribution in [3.63, 3.8) is 0 Å². The van der Waals surface area contributed by atoms with E-state index in [4.69, 9.17) is 4.98 Å². The van der Waals surface area contributed by atoms with Crippen LogP contribution in [0.25, 0.3) is 0 Å². The lowest BCUT2D eigenvalue weighted by Crippen LogP contribution is -2.39. The van der Waals surface area contributed by atoms with Crippen LogP contribution >= 0.6 is 0 Å². The number of hydrogen-bond donors (Lipinski definition) is 1. The van der Waals surface area contributed by atoms with Gasteiger partial charge in [0.2, 0.25) is 0 Å². The third-order valence-electron chi connectivity index (χ3n) is 4.24. The topological polar surface area (TPSA) is 28.2 Å². The van der Waals surface area contributed by atoms with Crippen molar-refractivity contribution in [1.29, 1.82) is 0 Å². The monoisotopic (exact) mass is 275 g/mol. The van der Waals surface area contributed by atoms with Crippen molar-refractivity contribution in [1.82, 2.24) is 15.2 Å². The van der Waals surface area contributed by atoms with Gasteiger partial charge in [0.1, 0.15) is 0 Å². The fraction of sp³-hybridized carbons (Fsp3) is 0.706. The normalized spacial score (nSPS) is 23.9.